The summed E-state index contributed by atoms with van der Waals surface area (Å²) in [6, 6.07) is 12.8. The van der Waals surface area contributed by atoms with Gasteiger partial charge in [0.05, 0.1) is 24.0 Å². The number of nitrogens with one attached hydrogen (secondary N) is 1. The van der Waals surface area contributed by atoms with Crippen LogP contribution in [0.4, 0.5) is 15.8 Å². The third-order valence-electron chi connectivity index (χ3n) is 6.56. The highest BCUT2D eigenvalue weighted by atomic mass is 19.1. The van der Waals surface area contributed by atoms with E-state index in [0.29, 0.717) is 24.9 Å². The summed E-state index contributed by atoms with van der Waals surface area (Å²) in [6.45, 7) is 3.31. The van der Waals surface area contributed by atoms with Gasteiger partial charge in [0.1, 0.15) is 12.1 Å². The molecule has 2 aliphatic heterocycles. The van der Waals surface area contributed by atoms with Crippen LogP contribution in [0, 0.1) is 5.82 Å². The van der Waals surface area contributed by atoms with Gasteiger partial charge < -0.3 is 25.0 Å². The number of rotatable bonds is 8. The number of aldehydes is 1. The molecule has 2 heterocycles. The zero-order valence-corrected chi connectivity index (χ0v) is 17.4. The van der Waals surface area contributed by atoms with E-state index < -0.39 is 6.10 Å². The summed E-state index contributed by atoms with van der Waals surface area (Å²) in [5.74, 6) is 0.111. The van der Waals surface area contributed by atoms with Gasteiger partial charge in [0.25, 0.3) is 0 Å². The molecule has 1 saturated heterocycles. The van der Waals surface area contributed by atoms with E-state index in [1.165, 1.54) is 23.4 Å². The number of carbonyl (C=O) groups is 1. The Hall–Kier alpha value is -2.44. The Labute approximate surface area is 177 Å². The number of hydrogen-bond acceptors (Lipinski definition) is 5. The summed E-state index contributed by atoms with van der Waals surface area (Å²) in [5.41, 5.74) is 4.35. The van der Waals surface area contributed by atoms with Gasteiger partial charge in [0.15, 0.2) is 0 Å². The molecule has 0 aromatic heterocycles. The lowest BCUT2D eigenvalue weighted by Gasteiger charge is -2.38. The van der Waals surface area contributed by atoms with E-state index in [1.807, 2.05) is 7.05 Å². The minimum absolute atomic E-state index is 0.282. The molecule has 2 N–H and O–H groups in total. The Balaban J connectivity index is 1.39. The predicted molar refractivity (Wildman–Crippen MR) is 118 cm³/mol. The zero-order chi connectivity index (χ0) is 21.1. The van der Waals surface area contributed by atoms with Gasteiger partial charge in [-0.15, -0.1) is 0 Å². The number of likely N-dealkylation sites (tertiary alicyclic amines) is 1. The van der Waals surface area contributed by atoms with Crippen LogP contribution in [0.5, 0.6) is 0 Å². The third-order valence-corrected chi connectivity index (χ3v) is 6.56. The maximum absolute atomic E-state index is 13.1. The van der Waals surface area contributed by atoms with Gasteiger partial charge in [0.2, 0.25) is 0 Å². The zero-order valence-electron chi connectivity index (χ0n) is 17.4. The standard InChI is InChI=1S/C24H30FN3O2/c1-26-21-5-2-4-19-20-16-27(13-11-22(20)28(14-15-29)24(19)21)12-3-6-23(30)17-7-9-18(25)10-8-17/h2,4-5,7-10,15,20,22-23,26,30H,3,6,11-14,16H2,1H3. The Morgan fingerprint density at radius 3 is 2.80 bits per heavy atom. The fourth-order valence-corrected chi connectivity index (χ4v) is 5.10. The number of aliphatic hydroxyl groups excluding tert-OH is 1. The summed E-state index contributed by atoms with van der Waals surface area (Å²) in [4.78, 5) is 16.1. The molecule has 5 nitrogen and oxygen atoms in total. The molecule has 3 atom stereocenters. The van der Waals surface area contributed by atoms with Crippen molar-refractivity contribution < 1.29 is 14.3 Å². The van der Waals surface area contributed by atoms with Crippen molar-refractivity contribution in [3.05, 3.63) is 59.4 Å². The molecule has 2 aromatic carbocycles. The Bertz CT molecular complexity index is 873. The first kappa shape index (κ1) is 20.8. The van der Waals surface area contributed by atoms with E-state index in [2.05, 4.69) is 33.3 Å². The first-order valence-electron chi connectivity index (χ1n) is 10.8. The van der Waals surface area contributed by atoms with E-state index in [1.54, 1.807) is 12.1 Å². The molecular weight excluding hydrogens is 381 g/mol. The molecule has 0 aliphatic carbocycles. The normalized spacial score (nSPS) is 21.8. The average molecular weight is 412 g/mol. The number of nitrogens with zero attached hydrogens (tertiary/aromatic N) is 2. The molecule has 30 heavy (non-hydrogen) atoms. The molecule has 4 rings (SSSR count). The van der Waals surface area contributed by atoms with Crippen LogP contribution >= 0.6 is 0 Å². The molecule has 0 radical (unpaired) electrons. The predicted octanol–water partition coefficient (Wildman–Crippen LogP) is 3.56. The van der Waals surface area contributed by atoms with Crippen molar-refractivity contribution in [3.63, 3.8) is 0 Å². The van der Waals surface area contributed by atoms with Crippen LogP contribution in [0.2, 0.25) is 0 Å². The fourth-order valence-electron chi connectivity index (χ4n) is 5.10. The quantitative estimate of drug-likeness (QED) is 0.651. The van der Waals surface area contributed by atoms with Gasteiger partial charge in [-0.2, -0.15) is 0 Å². The molecule has 0 amide bonds. The second-order valence-electron chi connectivity index (χ2n) is 8.29. The van der Waals surface area contributed by atoms with Gasteiger partial charge in [0, 0.05) is 32.1 Å². The highest BCUT2D eigenvalue weighted by Crippen LogP contribution is 2.47. The van der Waals surface area contributed by atoms with Crippen LogP contribution in [-0.2, 0) is 4.79 Å². The Morgan fingerprint density at radius 2 is 2.07 bits per heavy atom. The highest BCUT2D eigenvalue weighted by Gasteiger charge is 2.42. The number of aliphatic hydroxyl groups is 1. The second-order valence-corrected chi connectivity index (χ2v) is 8.29. The van der Waals surface area contributed by atoms with Crippen molar-refractivity contribution in [1.82, 2.24) is 4.90 Å². The number of fused-ring (bicyclic) bond motifs is 3. The Kier molecular flexibility index (Phi) is 6.35. The lowest BCUT2D eigenvalue weighted by molar-refractivity contribution is -0.106. The first-order valence-corrected chi connectivity index (χ1v) is 10.8. The maximum atomic E-state index is 13.1. The number of para-hydroxylation sites is 1. The van der Waals surface area contributed by atoms with Crippen LogP contribution in [0.1, 0.15) is 42.4 Å². The highest BCUT2D eigenvalue weighted by molar-refractivity contribution is 5.80. The Morgan fingerprint density at radius 1 is 1.27 bits per heavy atom. The number of carbonyl (C=O) groups excluding carboxylic acids is 1. The largest absolute Gasteiger partial charge is 0.388 e. The summed E-state index contributed by atoms with van der Waals surface area (Å²) in [6.07, 6.45) is 3.01. The van der Waals surface area contributed by atoms with Crippen molar-refractivity contribution in [2.24, 2.45) is 0 Å². The summed E-state index contributed by atoms with van der Waals surface area (Å²) < 4.78 is 13.1. The lowest BCUT2D eigenvalue weighted by Crippen LogP contribution is -2.47. The van der Waals surface area contributed by atoms with Gasteiger partial charge in [-0.05, 0) is 55.1 Å². The molecule has 1 fully saturated rings. The molecule has 160 valence electrons. The van der Waals surface area contributed by atoms with Crippen LogP contribution in [0.3, 0.4) is 0 Å². The molecule has 6 heteroatoms. The number of hydrogen-bond donors (Lipinski definition) is 2. The number of benzene rings is 2. The molecule has 2 aliphatic rings. The molecular formula is C24H30FN3O2. The van der Waals surface area contributed by atoms with Crippen LogP contribution in [0.15, 0.2) is 42.5 Å². The SMILES string of the molecule is CNc1cccc2c1N(CC=O)C1CCN(CCCC(O)c3ccc(F)cc3)CC21. The van der Waals surface area contributed by atoms with Crippen molar-refractivity contribution >= 4 is 17.7 Å². The van der Waals surface area contributed by atoms with Crippen molar-refractivity contribution in [3.8, 4) is 0 Å². The molecule has 3 unspecified atom stereocenters. The number of piperidine rings is 1. The molecule has 0 spiro atoms. The molecule has 0 bridgehead atoms. The van der Waals surface area contributed by atoms with E-state index in [-0.39, 0.29) is 5.82 Å². The maximum Gasteiger partial charge on any atom is 0.139 e. The van der Waals surface area contributed by atoms with Crippen molar-refractivity contribution in [1.29, 1.82) is 0 Å². The van der Waals surface area contributed by atoms with E-state index in [4.69, 9.17) is 0 Å². The van der Waals surface area contributed by atoms with Gasteiger partial charge in [-0.1, -0.05) is 24.3 Å². The first-order chi connectivity index (χ1) is 14.6. The van der Waals surface area contributed by atoms with Gasteiger partial charge in [-0.25, -0.2) is 4.39 Å². The van der Waals surface area contributed by atoms with Crippen molar-refractivity contribution in [2.45, 2.75) is 37.3 Å². The van der Waals surface area contributed by atoms with E-state index >= 15 is 0 Å². The van der Waals surface area contributed by atoms with E-state index in [0.717, 1.165) is 50.0 Å². The molecule has 0 saturated carbocycles. The third kappa shape index (κ3) is 4.07. The average Bonchev–Trinajstić information content (AvgIpc) is 3.08. The van der Waals surface area contributed by atoms with Crippen LogP contribution in [-0.4, -0.2) is 55.6 Å². The van der Waals surface area contributed by atoms with Crippen LogP contribution < -0.4 is 10.2 Å². The summed E-state index contributed by atoms with van der Waals surface area (Å²) >= 11 is 0. The minimum Gasteiger partial charge on any atom is -0.388 e. The minimum atomic E-state index is -0.559. The molecule has 2 aromatic rings. The summed E-state index contributed by atoms with van der Waals surface area (Å²) in [7, 11) is 1.93. The number of anilines is 2. The lowest BCUT2D eigenvalue weighted by atomic mass is 9.88. The topological polar surface area (TPSA) is 55.8 Å². The van der Waals surface area contributed by atoms with Gasteiger partial charge >= 0.3 is 0 Å². The fraction of sp³-hybridized carbons (Fsp3) is 0.458. The van der Waals surface area contributed by atoms with Crippen LogP contribution in [0.25, 0.3) is 0 Å². The smallest absolute Gasteiger partial charge is 0.139 e. The van der Waals surface area contributed by atoms with Crippen molar-refractivity contribution in [2.75, 3.05) is 43.4 Å². The van der Waals surface area contributed by atoms with Gasteiger partial charge in [-0.3, -0.25) is 0 Å². The summed E-state index contributed by atoms with van der Waals surface area (Å²) in [5, 5.41) is 13.7. The number of halogens is 1. The monoisotopic (exact) mass is 411 g/mol. The second kappa shape index (κ2) is 9.14. The van der Waals surface area contributed by atoms with E-state index in [9.17, 15) is 14.3 Å².